The largest absolute Gasteiger partial charge is 0.497 e. The van der Waals surface area contributed by atoms with Crippen LogP contribution < -0.4 is 10.1 Å². The van der Waals surface area contributed by atoms with Gasteiger partial charge in [-0.15, -0.1) is 0 Å². The van der Waals surface area contributed by atoms with E-state index >= 15 is 0 Å². The molecular weight excluding hydrogens is 426 g/mol. The molecule has 1 aliphatic heterocycles. The zero-order valence-corrected chi connectivity index (χ0v) is 19.8. The Labute approximate surface area is 198 Å². The third kappa shape index (κ3) is 3.43. The molecule has 2 heterocycles. The molecule has 1 atom stereocenters. The molecule has 1 aromatic heterocycles. The molecule has 0 saturated heterocycles. The Balaban J connectivity index is 1.56. The number of ether oxygens (including phenoxy) is 1. The van der Waals surface area contributed by atoms with E-state index in [-0.39, 0.29) is 24.4 Å². The molecule has 0 bridgehead atoms. The molecule has 1 aliphatic rings. The predicted molar refractivity (Wildman–Crippen MR) is 133 cm³/mol. The van der Waals surface area contributed by atoms with Crippen LogP contribution in [-0.4, -0.2) is 34.9 Å². The first kappa shape index (κ1) is 21.8. The number of carbonyl (C=O) groups is 2. The molecule has 6 nitrogen and oxygen atoms in total. The maximum absolute atomic E-state index is 13.7. The highest BCUT2D eigenvalue weighted by molar-refractivity contribution is 6.08. The lowest BCUT2D eigenvalue weighted by molar-refractivity contribution is -0.117. The highest BCUT2D eigenvalue weighted by atomic mass is 16.5. The number of hydrogen-bond donors (Lipinski definition) is 1. The molecule has 6 heteroatoms. The molecule has 1 N–H and O–H groups in total. The van der Waals surface area contributed by atoms with Crippen molar-refractivity contribution in [3.8, 4) is 5.75 Å². The number of rotatable bonds is 5. The lowest BCUT2D eigenvalue weighted by Crippen LogP contribution is -2.37. The average Bonchev–Trinajstić information content (AvgIpc) is 3.29. The van der Waals surface area contributed by atoms with Gasteiger partial charge in [-0.1, -0.05) is 42.5 Å². The first-order valence-electron chi connectivity index (χ1n) is 11.3. The molecule has 0 aliphatic carbocycles. The van der Waals surface area contributed by atoms with Crippen LogP contribution in [0.5, 0.6) is 5.75 Å². The van der Waals surface area contributed by atoms with Gasteiger partial charge < -0.3 is 19.5 Å². The van der Waals surface area contributed by atoms with Crippen molar-refractivity contribution in [3.05, 3.63) is 94.7 Å². The predicted octanol–water partition coefficient (Wildman–Crippen LogP) is 4.99. The van der Waals surface area contributed by atoms with Crippen LogP contribution in [0.4, 0.5) is 5.69 Å². The molecule has 4 aromatic rings. The third-order valence-corrected chi connectivity index (χ3v) is 6.82. The van der Waals surface area contributed by atoms with E-state index < -0.39 is 0 Å². The van der Waals surface area contributed by atoms with E-state index in [1.165, 1.54) is 0 Å². The Bertz CT molecular complexity index is 1420. The van der Waals surface area contributed by atoms with Gasteiger partial charge in [-0.2, -0.15) is 0 Å². The van der Waals surface area contributed by atoms with Crippen LogP contribution in [0.25, 0.3) is 10.9 Å². The van der Waals surface area contributed by atoms with E-state index in [2.05, 4.69) is 5.32 Å². The van der Waals surface area contributed by atoms with Crippen LogP contribution in [-0.2, 0) is 11.8 Å². The maximum Gasteiger partial charge on any atom is 0.272 e. The minimum atomic E-state index is -0.371. The summed E-state index contributed by atoms with van der Waals surface area (Å²) in [6.07, 6.45) is 0. The van der Waals surface area contributed by atoms with Crippen molar-refractivity contribution in [2.24, 2.45) is 7.05 Å². The Morgan fingerprint density at radius 2 is 1.74 bits per heavy atom. The van der Waals surface area contributed by atoms with Gasteiger partial charge in [0.15, 0.2) is 0 Å². The van der Waals surface area contributed by atoms with Crippen LogP contribution in [0.15, 0.2) is 66.7 Å². The van der Waals surface area contributed by atoms with Gasteiger partial charge in [0, 0.05) is 29.2 Å². The molecule has 3 aromatic carbocycles. The van der Waals surface area contributed by atoms with Gasteiger partial charge in [-0.25, -0.2) is 0 Å². The molecule has 172 valence electrons. The Hall–Kier alpha value is -4.06. The molecule has 5 rings (SSSR count). The van der Waals surface area contributed by atoms with Crippen molar-refractivity contribution in [1.82, 2.24) is 9.47 Å². The molecule has 0 unspecified atom stereocenters. The monoisotopic (exact) mass is 453 g/mol. The van der Waals surface area contributed by atoms with E-state index in [0.29, 0.717) is 5.69 Å². The summed E-state index contributed by atoms with van der Waals surface area (Å²) in [7, 11) is 3.53. The van der Waals surface area contributed by atoms with E-state index in [1.807, 2.05) is 92.2 Å². The van der Waals surface area contributed by atoms with Crippen LogP contribution in [0.3, 0.4) is 0 Å². The number of nitrogens with zero attached hydrogens (tertiary/aromatic N) is 2. The van der Waals surface area contributed by atoms with E-state index in [0.717, 1.165) is 44.6 Å². The third-order valence-electron chi connectivity index (χ3n) is 6.82. The average molecular weight is 454 g/mol. The number of amides is 2. The summed E-state index contributed by atoms with van der Waals surface area (Å²) in [5.41, 5.74) is 6.38. The SMILES string of the molecule is COc1ccc([C@@H]2c3c(n(C)c4ccccc34)C(=O)N2CC(=O)Nc2cccc(C)c2C)cc1. The van der Waals surface area contributed by atoms with E-state index in [9.17, 15) is 9.59 Å². The van der Waals surface area contributed by atoms with Crippen LogP contribution >= 0.6 is 0 Å². The Morgan fingerprint density at radius 1 is 1.00 bits per heavy atom. The maximum atomic E-state index is 13.7. The van der Waals surface area contributed by atoms with Gasteiger partial charge in [0.25, 0.3) is 5.91 Å². The van der Waals surface area contributed by atoms with Crippen molar-refractivity contribution < 1.29 is 14.3 Å². The highest BCUT2D eigenvalue weighted by Crippen LogP contribution is 2.44. The summed E-state index contributed by atoms with van der Waals surface area (Å²) in [4.78, 5) is 28.5. The molecule has 2 amide bonds. The topological polar surface area (TPSA) is 63.6 Å². The fourth-order valence-electron chi connectivity index (χ4n) is 4.89. The second kappa shape index (κ2) is 8.37. The molecule has 0 fully saturated rings. The van der Waals surface area contributed by atoms with Gasteiger partial charge in [-0.3, -0.25) is 9.59 Å². The fourth-order valence-corrected chi connectivity index (χ4v) is 4.89. The summed E-state index contributed by atoms with van der Waals surface area (Å²) in [6, 6.07) is 21.1. The van der Waals surface area contributed by atoms with Crippen LogP contribution in [0.2, 0.25) is 0 Å². The summed E-state index contributed by atoms with van der Waals surface area (Å²) in [6.45, 7) is 3.94. The number of anilines is 1. The molecule has 0 spiro atoms. The van der Waals surface area contributed by atoms with Gasteiger partial charge in [0.1, 0.15) is 18.0 Å². The number of hydrogen-bond acceptors (Lipinski definition) is 3. The lowest BCUT2D eigenvalue weighted by atomic mass is 9.98. The number of fused-ring (bicyclic) bond motifs is 3. The number of aromatic nitrogens is 1. The smallest absolute Gasteiger partial charge is 0.272 e. The molecule has 34 heavy (non-hydrogen) atoms. The van der Waals surface area contributed by atoms with Gasteiger partial charge in [0.05, 0.1) is 13.2 Å². The number of methoxy groups -OCH3 is 1. The number of para-hydroxylation sites is 1. The standard InChI is InChI=1S/C28H27N3O3/c1-17-8-7-10-22(18(17)2)29-24(32)16-31-26(19-12-14-20(34-4)15-13-19)25-21-9-5-6-11-23(21)30(3)27(25)28(31)33/h5-15,26H,16H2,1-4H3,(H,29,32)/t26-/m1/s1. The first-order valence-corrected chi connectivity index (χ1v) is 11.3. The van der Waals surface area contributed by atoms with Crippen molar-refractivity contribution in [2.45, 2.75) is 19.9 Å². The van der Waals surface area contributed by atoms with E-state index in [1.54, 1.807) is 12.0 Å². The minimum absolute atomic E-state index is 0.0497. The number of aryl methyl sites for hydroxylation is 2. The lowest BCUT2D eigenvalue weighted by Gasteiger charge is -2.26. The number of nitrogens with one attached hydrogen (secondary N) is 1. The van der Waals surface area contributed by atoms with Gasteiger partial charge in [0.2, 0.25) is 5.91 Å². The van der Waals surface area contributed by atoms with E-state index in [4.69, 9.17) is 4.74 Å². The number of benzene rings is 3. The Kier molecular flexibility index (Phi) is 5.36. The zero-order chi connectivity index (χ0) is 24.0. The summed E-state index contributed by atoms with van der Waals surface area (Å²) >= 11 is 0. The minimum Gasteiger partial charge on any atom is -0.497 e. The normalized spacial score (nSPS) is 15.0. The zero-order valence-electron chi connectivity index (χ0n) is 19.8. The van der Waals surface area contributed by atoms with Crippen molar-refractivity contribution in [1.29, 1.82) is 0 Å². The fraction of sp³-hybridized carbons (Fsp3) is 0.214. The summed E-state index contributed by atoms with van der Waals surface area (Å²) in [5.74, 6) is 0.369. The highest BCUT2D eigenvalue weighted by Gasteiger charge is 2.42. The first-order chi connectivity index (χ1) is 16.4. The van der Waals surface area contributed by atoms with Crippen molar-refractivity contribution in [2.75, 3.05) is 19.0 Å². The van der Waals surface area contributed by atoms with Crippen LogP contribution in [0.1, 0.15) is 38.8 Å². The van der Waals surface area contributed by atoms with Crippen molar-refractivity contribution >= 4 is 28.4 Å². The van der Waals surface area contributed by atoms with Crippen LogP contribution in [0, 0.1) is 13.8 Å². The second-order valence-electron chi connectivity index (χ2n) is 8.74. The summed E-state index contributed by atoms with van der Waals surface area (Å²) < 4.78 is 7.26. The number of carbonyl (C=O) groups excluding carboxylic acids is 2. The molecule has 0 saturated carbocycles. The van der Waals surface area contributed by atoms with Gasteiger partial charge >= 0.3 is 0 Å². The van der Waals surface area contributed by atoms with Crippen molar-refractivity contribution in [3.63, 3.8) is 0 Å². The quantitative estimate of drug-likeness (QED) is 0.463. The summed E-state index contributed by atoms with van der Waals surface area (Å²) in [5, 5.41) is 4.02. The molecule has 0 radical (unpaired) electrons. The molecular formula is C28H27N3O3. The Morgan fingerprint density at radius 3 is 2.47 bits per heavy atom. The second-order valence-corrected chi connectivity index (χ2v) is 8.74. The van der Waals surface area contributed by atoms with Gasteiger partial charge in [-0.05, 0) is 54.8 Å².